The van der Waals surface area contributed by atoms with E-state index in [-0.39, 0.29) is 18.5 Å². The Morgan fingerprint density at radius 1 is 0.412 bits per heavy atom. The molecule has 0 spiro atoms. The van der Waals surface area contributed by atoms with Crippen molar-refractivity contribution in [2.24, 2.45) is 0 Å². The smallest absolute Gasteiger partial charge is 0.305 e. The van der Waals surface area contributed by atoms with Crippen LogP contribution < -0.4 is 5.32 Å². The number of nitrogens with one attached hydrogen (secondary N) is 1. The van der Waals surface area contributed by atoms with E-state index in [0.717, 1.165) is 51.4 Å². The van der Waals surface area contributed by atoms with Crippen LogP contribution in [0.5, 0.6) is 0 Å². The van der Waals surface area contributed by atoms with E-state index in [1.165, 1.54) is 238 Å². The Hall–Kier alpha value is -1.92. The molecule has 0 fully saturated rings. The highest BCUT2D eigenvalue weighted by molar-refractivity contribution is 5.76. The first kappa shape index (κ1) is 66.1. The molecule has 0 aromatic rings. The lowest BCUT2D eigenvalue weighted by Gasteiger charge is -2.22. The average molecular weight is 957 g/mol. The van der Waals surface area contributed by atoms with Crippen molar-refractivity contribution in [2.75, 3.05) is 13.2 Å². The van der Waals surface area contributed by atoms with Crippen molar-refractivity contribution < 1.29 is 24.5 Å². The topological polar surface area (TPSA) is 95.9 Å². The summed E-state index contributed by atoms with van der Waals surface area (Å²) in [6, 6.07) is -0.544. The minimum absolute atomic E-state index is 0.00225. The standard InChI is InChI=1S/C62H117NO5/c1-3-5-7-9-11-13-15-17-32-36-40-44-48-52-56-62(67)68-57-53-49-45-41-37-33-29-27-25-23-21-19-18-20-22-24-26-28-31-35-39-43-47-51-55-61(66)63-59(58-64)60(65)54-50-46-42-38-34-30-16-14-12-10-8-6-4-2/h9,11,15,17,20,22,59-60,64-65H,3-8,10,12-14,16,18-19,21,23-58H2,1-2H3,(H,63,66)/b11-9-,17-15-,22-20-. The van der Waals surface area contributed by atoms with E-state index in [1.807, 2.05) is 0 Å². The van der Waals surface area contributed by atoms with Gasteiger partial charge in [-0.1, -0.05) is 269 Å². The van der Waals surface area contributed by atoms with Crippen LogP contribution in [0.2, 0.25) is 0 Å². The van der Waals surface area contributed by atoms with Crippen LogP contribution in [-0.4, -0.2) is 47.4 Å². The van der Waals surface area contributed by atoms with Crippen molar-refractivity contribution in [3.63, 3.8) is 0 Å². The molecule has 0 aliphatic rings. The van der Waals surface area contributed by atoms with Gasteiger partial charge in [-0.15, -0.1) is 0 Å². The summed E-state index contributed by atoms with van der Waals surface area (Å²) >= 11 is 0. The van der Waals surface area contributed by atoms with Gasteiger partial charge in [0, 0.05) is 12.8 Å². The number of unbranched alkanes of at least 4 members (excludes halogenated alkanes) is 39. The van der Waals surface area contributed by atoms with Gasteiger partial charge in [-0.3, -0.25) is 9.59 Å². The molecule has 2 atom stereocenters. The minimum atomic E-state index is -0.666. The van der Waals surface area contributed by atoms with Gasteiger partial charge < -0.3 is 20.3 Å². The molecule has 6 heteroatoms. The maximum Gasteiger partial charge on any atom is 0.305 e. The van der Waals surface area contributed by atoms with E-state index >= 15 is 0 Å². The van der Waals surface area contributed by atoms with Crippen LogP contribution >= 0.6 is 0 Å². The monoisotopic (exact) mass is 956 g/mol. The number of aliphatic hydroxyl groups is 2. The Labute approximate surface area is 424 Å². The zero-order valence-electron chi connectivity index (χ0n) is 45.6. The van der Waals surface area contributed by atoms with Crippen molar-refractivity contribution in [3.8, 4) is 0 Å². The molecule has 6 nitrogen and oxygen atoms in total. The molecule has 400 valence electrons. The third-order valence-corrected chi connectivity index (χ3v) is 13.9. The molecule has 68 heavy (non-hydrogen) atoms. The number of hydrogen-bond acceptors (Lipinski definition) is 5. The molecule has 0 saturated heterocycles. The van der Waals surface area contributed by atoms with Gasteiger partial charge >= 0.3 is 5.97 Å². The minimum Gasteiger partial charge on any atom is -0.466 e. The van der Waals surface area contributed by atoms with Crippen molar-refractivity contribution in [1.82, 2.24) is 5.32 Å². The van der Waals surface area contributed by atoms with E-state index < -0.39 is 12.1 Å². The summed E-state index contributed by atoms with van der Waals surface area (Å²) in [5.74, 6) is -0.0415. The summed E-state index contributed by atoms with van der Waals surface area (Å²) in [5.41, 5.74) is 0. The second-order valence-electron chi connectivity index (χ2n) is 20.7. The first-order valence-electron chi connectivity index (χ1n) is 30.2. The number of carbonyl (C=O) groups excluding carboxylic acids is 2. The average Bonchev–Trinajstić information content (AvgIpc) is 3.34. The lowest BCUT2D eigenvalue weighted by molar-refractivity contribution is -0.143. The Morgan fingerprint density at radius 2 is 0.750 bits per heavy atom. The second kappa shape index (κ2) is 57.7. The summed E-state index contributed by atoms with van der Waals surface area (Å²) in [4.78, 5) is 24.5. The highest BCUT2D eigenvalue weighted by Crippen LogP contribution is 2.17. The van der Waals surface area contributed by atoms with Crippen LogP contribution in [0.4, 0.5) is 0 Å². The zero-order valence-corrected chi connectivity index (χ0v) is 45.6. The van der Waals surface area contributed by atoms with Crippen molar-refractivity contribution in [3.05, 3.63) is 36.5 Å². The molecular formula is C62H117NO5. The van der Waals surface area contributed by atoms with Gasteiger partial charge in [-0.05, 0) is 77.0 Å². The van der Waals surface area contributed by atoms with E-state index in [1.54, 1.807) is 0 Å². The van der Waals surface area contributed by atoms with Gasteiger partial charge in [-0.2, -0.15) is 0 Å². The molecule has 0 aromatic heterocycles. The maximum absolute atomic E-state index is 12.5. The molecule has 3 N–H and O–H groups in total. The van der Waals surface area contributed by atoms with Gasteiger partial charge in [0.05, 0.1) is 25.4 Å². The van der Waals surface area contributed by atoms with Crippen LogP contribution in [0.3, 0.4) is 0 Å². The Balaban J connectivity index is 3.40. The molecule has 2 unspecified atom stereocenters. The Morgan fingerprint density at radius 3 is 1.18 bits per heavy atom. The molecule has 0 aliphatic carbocycles. The van der Waals surface area contributed by atoms with Gasteiger partial charge in [0.1, 0.15) is 0 Å². The van der Waals surface area contributed by atoms with Crippen LogP contribution in [0, 0.1) is 0 Å². The predicted octanol–water partition coefficient (Wildman–Crippen LogP) is 18.8. The maximum atomic E-state index is 12.5. The molecule has 1 amide bonds. The summed E-state index contributed by atoms with van der Waals surface area (Å²) in [6.07, 6.45) is 71.5. The molecule has 0 radical (unpaired) electrons. The SMILES string of the molecule is CCCC/C=C\C/C=C\CCCCCCCC(=O)OCCCCCCCCCCCCCC/C=C\CCCCCCCCCCC(=O)NC(CO)C(O)CCCCCCCCCCCCCCC. The van der Waals surface area contributed by atoms with Gasteiger partial charge in [0.15, 0.2) is 0 Å². The molecule has 0 aliphatic heterocycles. The summed E-state index contributed by atoms with van der Waals surface area (Å²) < 4.78 is 5.47. The molecule has 0 heterocycles. The molecule has 0 rings (SSSR count). The highest BCUT2D eigenvalue weighted by Gasteiger charge is 2.20. The number of hydrogen-bond donors (Lipinski definition) is 3. The van der Waals surface area contributed by atoms with Crippen LogP contribution in [0.15, 0.2) is 36.5 Å². The van der Waals surface area contributed by atoms with E-state index in [2.05, 4.69) is 55.6 Å². The third kappa shape index (κ3) is 53.4. The number of ether oxygens (including phenoxy) is 1. The molecule has 0 saturated carbocycles. The van der Waals surface area contributed by atoms with Crippen LogP contribution in [0.25, 0.3) is 0 Å². The molecular weight excluding hydrogens is 839 g/mol. The zero-order chi connectivity index (χ0) is 49.3. The molecule has 0 bridgehead atoms. The van der Waals surface area contributed by atoms with Crippen LogP contribution in [-0.2, 0) is 14.3 Å². The Bertz CT molecular complexity index is 1100. The lowest BCUT2D eigenvalue weighted by atomic mass is 10.0. The number of amides is 1. The van der Waals surface area contributed by atoms with Crippen molar-refractivity contribution >= 4 is 11.9 Å². The van der Waals surface area contributed by atoms with E-state index in [0.29, 0.717) is 25.9 Å². The van der Waals surface area contributed by atoms with Gasteiger partial charge in [0.25, 0.3) is 0 Å². The Kier molecular flexibility index (Phi) is 56.0. The first-order chi connectivity index (χ1) is 33.5. The fraction of sp³-hybridized carbons (Fsp3) is 0.871. The van der Waals surface area contributed by atoms with Crippen molar-refractivity contribution in [1.29, 1.82) is 0 Å². The largest absolute Gasteiger partial charge is 0.466 e. The van der Waals surface area contributed by atoms with E-state index in [9.17, 15) is 19.8 Å². The number of aliphatic hydroxyl groups excluding tert-OH is 2. The lowest BCUT2D eigenvalue weighted by Crippen LogP contribution is -2.45. The van der Waals surface area contributed by atoms with E-state index in [4.69, 9.17) is 4.74 Å². The second-order valence-corrected chi connectivity index (χ2v) is 20.7. The normalized spacial score (nSPS) is 12.8. The summed E-state index contributed by atoms with van der Waals surface area (Å²) in [7, 11) is 0. The number of carbonyl (C=O) groups is 2. The highest BCUT2D eigenvalue weighted by atomic mass is 16.5. The molecule has 0 aromatic carbocycles. The summed E-state index contributed by atoms with van der Waals surface area (Å²) in [5, 5.41) is 23.2. The summed E-state index contributed by atoms with van der Waals surface area (Å²) in [6.45, 7) is 4.91. The predicted molar refractivity (Wildman–Crippen MR) is 296 cm³/mol. The van der Waals surface area contributed by atoms with Gasteiger partial charge in [-0.25, -0.2) is 0 Å². The quantitative estimate of drug-likeness (QED) is 0.0321. The number of allylic oxidation sites excluding steroid dienone is 6. The van der Waals surface area contributed by atoms with Crippen LogP contribution in [0.1, 0.15) is 322 Å². The first-order valence-corrected chi connectivity index (χ1v) is 30.2. The van der Waals surface area contributed by atoms with Crippen molar-refractivity contribution in [2.45, 2.75) is 334 Å². The third-order valence-electron chi connectivity index (χ3n) is 13.9. The fourth-order valence-corrected chi connectivity index (χ4v) is 9.24. The number of rotatable bonds is 56. The number of esters is 1. The fourth-order valence-electron chi connectivity index (χ4n) is 9.24. The van der Waals surface area contributed by atoms with Gasteiger partial charge in [0.2, 0.25) is 5.91 Å².